The maximum Gasteiger partial charge on any atom is 0.305 e. The van der Waals surface area contributed by atoms with Gasteiger partial charge in [-0.25, -0.2) is 0 Å². The van der Waals surface area contributed by atoms with Crippen molar-refractivity contribution >= 4 is 11.9 Å². The number of carbonyl (C=O) groups is 2. The van der Waals surface area contributed by atoms with Gasteiger partial charge in [-0.1, -0.05) is 0 Å². The molecule has 0 saturated carbocycles. The number of hydrogen-bond donors (Lipinski definition) is 0. The van der Waals surface area contributed by atoms with E-state index in [-0.39, 0.29) is 6.61 Å². The maximum atomic E-state index is 10.6. The number of hydrogen-bond acceptors (Lipinski definition) is 5. The Balaban J connectivity index is 4.10. The average molecular weight is 190 g/mol. The van der Waals surface area contributed by atoms with E-state index in [1.165, 1.54) is 27.9 Å². The Bertz CT molecular complexity index is 201. The average Bonchev–Trinajstić information content (AvgIpc) is 2.00. The van der Waals surface area contributed by atoms with Gasteiger partial charge < -0.3 is 14.2 Å². The predicted molar refractivity (Wildman–Crippen MR) is 43.8 cm³/mol. The fourth-order valence-corrected chi connectivity index (χ4v) is 0.667. The van der Waals surface area contributed by atoms with Crippen molar-refractivity contribution in [3.8, 4) is 0 Å². The summed E-state index contributed by atoms with van der Waals surface area (Å²) in [5.74, 6) is -2.13. The molecule has 0 heterocycles. The van der Waals surface area contributed by atoms with Crippen LogP contribution in [0.15, 0.2) is 0 Å². The third-order valence-corrected chi connectivity index (χ3v) is 1.33. The van der Waals surface area contributed by atoms with Crippen molar-refractivity contribution in [3.63, 3.8) is 0 Å². The van der Waals surface area contributed by atoms with E-state index in [4.69, 9.17) is 9.47 Å². The summed E-state index contributed by atoms with van der Waals surface area (Å²) in [6, 6.07) is 0. The first-order valence-corrected chi connectivity index (χ1v) is 3.78. The lowest BCUT2D eigenvalue weighted by Crippen LogP contribution is -2.38. The van der Waals surface area contributed by atoms with Gasteiger partial charge in [0.05, 0.1) is 0 Å². The Morgan fingerprint density at radius 2 is 1.77 bits per heavy atom. The number of ether oxygens (including phenoxy) is 3. The van der Waals surface area contributed by atoms with E-state index in [1.54, 1.807) is 0 Å². The molecule has 0 radical (unpaired) electrons. The Morgan fingerprint density at radius 1 is 1.23 bits per heavy atom. The van der Waals surface area contributed by atoms with Crippen molar-refractivity contribution in [2.24, 2.45) is 0 Å². The Kier molecular flexibility index (Phi) is 4.40. The fourth-order valence-electron chi connectivity index (χ4n) is 0.667. The molecule has 0 saturated heterocycles. The fraction of sp³-hybridized carbons (Fsp3) is 0.750. The number of carbonyl (C=O) groups excluding carboxylic acids is 2. The van der Waals surface area contributed by atoms with Crippen LogP contribution in [0.5, 0.6) is 0 Å². The zero-order chi connectivity index (χ0) is 10.5. The lowest BCUT2D eigenvalue weighted by Gasteiger charge is -2.26. The van der Waals surface area contributed by atoms with E-state index in [0.29, 0.717) is 0 Å². The van der Waals surface area contributed by atoms with Gasteiger partial charge in [-0.3, -0.25) is 9.59 Å². The van der Waals surface area contributed by atoms with Crippen LogP contribution in [-0.4, -0.2) is 31.4 Å². The minimum Gasteiger partial charge on any atom is -0.459 e. The molecule has 0 aromatic rings. The van der Waals surface area contributed by atoms with Crippen LogP contribution in [-0.2, 0) is 23.8 Å². The van der Waals surface area contributed by atoms with Crippen LogP contribution >= 0.6 is 0 Å². The number of rotatable bonds is 4. The molecule has 5 nitrogen and oxygen atoms in total. The monoisotopic (exact) mass is 190 g/mol. The maximum absolute atomic E-state index is 10.6. The van der Waals surface area contributed by atoms with Gasteiger partial charge >= 0.3 is 11.9 Å². The van der Waals surface area contributed by atoms with Crippen molar-refractivity contribution in [2.75, 3.05) is 13.7 Å². The lowest BCUT2D eigenvalue weighted by atomic mass is 10.3. The van der Waals surface area contributed by atoms with Gasteiger partial charge in [0.1, 0.15) is 0 Å². The van der Waals surface area contributed by atoms with E-state index >= 15 is 0 Å². The molecule has 0 fully saturated rings. The molecule has 0 amide bonds. The molecule has 0 aliphatic rings. The third-order valence-electron chi connectivity index (χ3n) is 1.33. The summed E-state index contributed by atoms with van der Waals surface area (Å²) in [7, 11) is 1.37. The molecular weight excluding hydrogens is 176 g/mol. The molecule has 0 aromatic carbocycles. The highest BCUT2D eigenvalue weighted by Crippen LogP contribution is 2.11. The summed E-state index contributed by atoms with van der Waals surface area (Å²) in [5, 5.41) is 0. The van der Waals surface area contributed by atoms with E-state index < -0.39 is 17.7 Å². The van der Waals surface area contributed by atoms with Crippen LogP contribution in [0.4, 0.5) is 0 Å². The van der Waals surface area contributed by atoms with Gasteiger partial charge in [-0.05, 0) is 0 Å². The van der Waals surface area contributed by atoms with Crippen molar-refractivity contribution < 1.29 is 23.8 Å². The molecule has 5 heteroatoms. The summed E-state index contributed by atoms with van der Waals surface area (Å²) < 4.78 is 14.3. The summed E-state index contributed by atoms with van der Waals surface area (Å²) in [6.45, 7) is 3.92. The van der Waals surface area contributed by atoms with Crippen LogP contribution in [0.3, 0.4) is 0 Å². The second-order valence-corrected chi connectivity index (χ2v) is 2.71. The molecule has 0 bridgehead atoms. The normalized spacial score (nSPS) is 14.5. The second kappa shape index (κ2) is 4.81. The van der Waals surface area contributed by atoms with E-state index in [9.17, 15) is 9.59 Å². The molecule has 1 unspecified atom stereocenters. The highest BCUT2D eigenvalue weighted by Gasteiger charge is 2.28. The van der Waals surface area contributed by atoms with Crippen molar-refractivity contribution in [3.05, 3.63) is 0 Å². The van der Waals surface area contributed by atoms with Gasteiger partial charge in [0.2, 0.25) is 5.79 Å². The molecule has 76 valence electrons. The smallest absolute Gasteiger partial charge is 0.305 e. The minimum atomic E-state index is -1.20. The molecule has 0 aliphatic heterocycles. The first-order chi connectivity index (χ1) is 5.89. The largest absolute Gasteiger partial charge is 0.459 e. The van der Waals surface area contributed by atoms with Gasteiger partial charge in [0.25, 0.3) is 0 Å². The quantitative estimate of drug-likeness (QED) is 0.476. The molecule has 0 aliphatic carbocycles. The van der Waals surface area contributed by atoms with Crippen LogP contribution < -0.4 is 0 Å². The van der Waals surface area contributed by atoms with E-state index in [0.717, 1.165) is 0 Å². The van der Waals surface area contributed by atoms with Crippen LogP contribution in [0.2, 0.25) is 0 Å². The van der Waals surface area contributed by atoms with Crippen LogP contribution in [0.1, 0.15) is 20.8 Å². The van der Waals surface area contributed by atoms with Crippen LogP contribution in [0, 0.1) is 0 Å². The Morgan fingerprint density at radius 3 is 2.08 bits per heavy atom. The molecular formula is C8H14O5. The van der Waals surface area contributed by atoms with E-state index in [2.05, 4.69) is 4.74 Å². The molecule has 13 heavy (non-hydrogen) atoms. The minimum absolute atomic E-state index is 0.113. The summed E-state index contributed by atoms with van der Waals surface area (Å²) in [4.78, 5) is 21.1. The predicted octanol–water partition coefficient (Wildman–Crippen LogP) is 0.475. The Hall–Kier alpha value is -1.10. The first kappa shape index (κ1) is 11.9. The van der Waals surface area contributed by atoms with Crippen LogP contribution in [0.25, 0.3) is 0 Å². The first-order valence-electron chi connectivity index (χ1n) is 3.78. The second-order valence-electron chi connectivity index (χ2n) is 2.71. The Labute approximate surface area is 77.0 Å². The third kappa shape index (κ3) is 5.19. The summed E-state index contributed by atoms with van der Waals surface area (Å²) in [5.41, 5.74) is 0. The van der Waals surface area contributed by atoms with Crippen molar-refractivity contribution in [1.82, 2.24) is 0 Å². The molecule has 0 spiro atoms. The van der Waals surface area contributed by atoms with Gasteiger partial charge in [-0.2, -0.15) is 0 Å². The summed E-state index contributed by atoms with van der Waals surface area (Å²) >= 11 is 0. The van der Waals surface area contributed by atoms with Gasteiger partial charge in [-0.15, -0.1) is 0 Å². The SMILES string of the molecule is COC(C)(COC(C)=O)OC(C)=O. The summed E-state index contributed by atoms with van der Waals surface area (Å²) in [6.07, 6.45) is 0. The molecule has 0 N–H and O–H groups in total. The van der Waals surface area contributed by atoms with E-state index in [1.807, 2.05) is 0 Å². The van der Waals surface area contributed by atoms with Gasteiger partial charge in [0.15, 0.2) is 6.61 Å². The molecule has 1 atom stereocenters. The number of esters is 2. The zero-order valence-electron chi connectivity index (χ0n) is 8.25. The highest BCUT2D eigenvalue weighted by molar-refractivity contribution is 5.67. The highest BCUT2D eigenvalue weighted by atomic mass is 16.7. The zero-order valence-corrected chi connectivity index (χ0v) is 8.25. The number of methoxy groups -OCH3 is 1. The van der Waals surface area contributed by atoms with Crippen molar-refractivity contribution in [1.29, 1.82) is 0 Å². The molecule has 0 rings (SSSR count). The molecule has 0 aromatic heterocycles. The van der Waals surface area contributed by atoms with Crippen molar-refractivity contribution in [2.45, 2.75) is 26.6 Å². The lowest BCUT2D eigenvalue weighted by molar-refractivity contribution is -0.230. The topological polar surface area (TPSA) is 61.8 Å². The standard InChI is InChI=1S/C8H14O5/c1-6(9)12-5-8(3,11-4)13-7(2)10/h5H2,1-4H3. The van der Waals surface area contributed by atoms with Gasteiger partial charge in [0, 0.05) is 27.9 Å².